The largest absolute Gasteiger partial charge is 0.472 e. The molecule has 1 aliphatic rings. The molecule has 5 rings (SSSR count). The normalized spacial score (nSPS) is 16.6. The number of carbonyl (C=O) groups excluding carboxylic acids is 1. The Hall–Kier alpha value is -3.61. The van der Waals surface area contributed by atoms with Crippen molar-refractivity contribution in [3.05, 3.63) is 67.3 Å². The van der Waals surface area contributed by atoms with Gasteiger partial charge in [-0.3, -0.25) is 0 Å². The van der Waals surface area contributed by atoms with Crippen LogP contribution in [0.1, 0.15) is 12.5 Å². The molecule has 1 fully saturated rings. The third kappa shape index (κ3) is 2.90. The summed E-state index contributed by atoms with van der Waals surface area (Å²) in [5.74, 6) is 0.817. The monoisotopic (exact) mass is 373 g/mol. The molecule has 0 radical (unpaired) electrons. The molecule has 0 aliphatic carbocycles. The van der Waals surface area contributed by atoms with E-state index in [0.717, 1.165) is 34.7 Å². The number of furan rings is 1. The summed E-state index contributed by atoms with van der Waals surface area (Å²) in [7, 11) is 0. The zero-order chi connectivity index (χ0) is 18.9. The summed E-state index contributed by atoms with van der Waals surface area (Å²) in [6.07, 6.45) is 5.94. The van der Waals surface area contributed by atoms with Gasteiger partial charge in [0.15, 0.2) is 5.65 Å². The summed E-state index contributed by atoms with van der Waals surface area (Å²) < 4.78 is 7.39. The first-order valence-corrected chi connectivity index (χ1v) is 9.26. The van der Waals surface area contributed by atoms with Gasteiger partial charge in [-0.15, -0.1) is 0 Å². The molecule has 1 atom stereocenters. The van der Waals surface area contributed by atoms with Crippen LogP contribution in [0.5, 0.6) is 0 Å². The predicted octanol–water partition coefficient (Wildman–Crippen LogP) is 4.17. The van der Waals surface area contributed by atoms with Crippen LogP contribution in [0, 0.1) is 0 Å². The summed E-state index contributed by atoms with van der Waals surface area (Å²) in [6.45, 7) is 1.28. The molecule has 7 heteroatoms. The van der Waals surface area contributed by atoms with Crippen LogP contribution in [-0.2, 0) is 0 Å². The standard InChI is InChI=1S/C21H19N5O2/c27-21(23-16-5-2-1-3-6-16)25-11-8-17(13-25)26-19(15-9-12-28-14-15)24-18-7-4-10-22-20(18)26/h1-7,9-10,12,14,17H,8,11,13H2,(H,23,27). The number of urea groups is 1. The molecule has 0 saturated carbocycles. The fourth-order valence-electron chi connectivity index (χ4n) is 3.73. The average molecular weight is 373 g/mol. The maximum Gasteiger partial charge on any atom is 0.321 e. The summed E-state index contributed by atoms with van der Waals surface area (Å²) in [4.78, 5) is 23.8. The minimum Gasteiger partial charge on any atom is -0.472 e. The number of likely N-dealkylation sites (tertiary alicyclic amines) is 1. The second-order valence-electron chi connectivity index (χ2n) is 6.85. The Morgan fingerprint density at radius 1 is 1.14 bits per heavy atom. The number of benzene rings is 1. The number of nitrogens with one attached hydrogen (secondary N) is 1. The van der Waals surface area contributed by atoms with Crippen molar-refractivity contribution in [3.63, 3.8) is 0 Å². The van der Waals surface area contributed by atoms with Gasteiger partial charge in [0.1, 0.15) is 17.6 Å². The zero-order valence-corrected chi connectivity index (χ0v) is 15.2. The first kappa shape index (κ1) is 16.6. The number of rotatable bonds is 3. The van der Waals surface area contributed by atoms with Crippen molar-refractivity contribution >= 4 is 22.9 Å². The Labute approximate surface area is 161 Å². The number of fused-ring (bicyclic) bond motifs is 1. The fourth-order valence-corrected chi connectivity index (χ4v) is 3.73. The second kappa shape index (κ2) is 6.84. The summed E-state index contributed by atoms with van der Waals surface area (Å²) in [6, 6.07) is 15.3. The smallest absolute Gasteiger partial charge is 0.321 e. The van der Waals surface area contributed by atoms with Gasteiger partial charge in [-0.2, -0.15) is 0 Å². The van der Waals surface area contributed by atoms with E-state index < -0.39 is 0 Å². The number of pyridine rings is 1. The van der Waals surface area contributed by atoms with Gasteiger partial charge in [0.2, 0.25) is 0 Å². The first-order valence-electron chi connectivity index (χ1n) is 9.26. The van der Waals surface area contributed by atoms with E-state index in [1.165, 1.54) is 0 Å². The van der Waals surface area contributed by atoms with Gasteiger partial charge >= 0.3 is 6.03 Å². The van der Waals surface area contributed by atoms with E-state index >= 15 is 0 Å². The lowest BCUT2D eigenvalue weighted by molar-refractivity contribution is 0.221. The number of aromatic nitrogens is 3. The molecular weight excluding hydrogens is 354 g/mol. The highest BCUT2D eigenvalue weighted by molar-refractivity contribution is 5.89. The molecule has 0 spiro atoms. The van der Waals surface area contributed by atoms with Gasteiger partial charge in [-0.1, -0.05) is 18.2 Å². The average Bonchev–Trinajstić information content (AvgIpc) is 3.46. The van der Waals surface area contributed by atoms with Crippen LogP contribution in [0.3, 0.4) is 0 Å². The second-order valence-corrected chi connectivity index (χ2v) is 6.85. The number of amides is 2. The predicted molar refractivity (Wildman–Crippen MR) is 106 cm³/mol. The Kier molecular flexibility index (Phi) is 4.05. The van der Waals surface area contributed by atoms with Gasteiger partial charge in [0.05, 0.1) is 17.9 Å². The van der Waals surface area contributed by atoms with Crippen LogP contribution >= 0.6 is 0 Å². The van der Waals surface area contributed by atoms with Gasteiger partial charge in [-0.25, -0.2) is 14.8 Å². The van der Waals surface area contributed by atoms with E-state index in [9.17, 15) is 4.79 Å². The van der Waals surface area contributed by atoms with E-state index in [0.29, 0.717) is 13.1 Å². The molecule has 140 valence electrons. The maximum absolute atomic E-state index is 12.7. The lowest BCUT2D eigenvalue weighted by Crippen LogP contribution is -2.33. The molecule has 28 heavy (non-hydrogen) atoms. The van der Waals surface area contributed by atoms with Crippen LogP contribution in [0.2, 0.25) is 0 Å². The minimum atomic E-state index is -0.0871. The highest BCUT2D eigenvalue weighted by Crippen LogP contribution is 2.32. The summed E-state index contributed by atoms with van der Waals surface area (Å²) >= 11 is 0. The van der Waals surface area contributed by atoms with Crippen molar-refractivity contribution in [2.24, 2.45) is 0 Å². The highest BCUT2D eigenvalue weighted by Gasteiger charge is 2.31. The van der Waals surface area contributed by atoms with Gasteiger partial charge in [-0.05, 0) is 36.8 Å². The number of nitrogens with zero attached hydrogens (tertiary/aromatic N) is 4. The molecule has 1 aromatic carbocycles. The number of carbonyl (C=O) groups is 1. The van der Waals surface area contributed by atoms with Gasteiger partial charge in [0, 0.05) is 25.0 Å². The number of para-hydroxylation sites is 1. The SMILES string of the molecule is O=C(Nc1ccccc1)N1CCC(n2c(-c3ccoc3)nc3cccnc32)C1. The third-order valence-electron chi connectivity index (χ3n) is 5.07. The maximum atomic E-state index is 12.7. The number of imidazole rings is 1. The van der Waals surface area contributed by atoms with Crippen LogP contribution in [0.25, 0.3) is 22.6 Å². The molecule has 4 aromatic rings. The zero-order valence-electron chi connectivity index (χ0n) is 15.2. The Balaban J connectivity index is 1.44. The summed E-state index contributed by atoms with van der Waals surface area (Å²) in [5, 5.41) is 2.96. The number of hydrogen-bond donors (Lipinski definition) is 1. The Morgan fingerprint density at radius 2 is 2.04 bits per heavy atom. The molecule has 7 nitrogen and oxygen atoms in total. The van der Waals surface area contributed by atoms with Crippen LogP contribution in [0.15, 0.2) is 71.7 Å². The third-order valence-corrected chi connectivity index (χ3v) is 5.07. The minimum absolute atomic E-state index is 0.0871. The van der Waals surface area contributed by atoms with E-state index in [1.54, 1.807) is 18.7 Å². The van der Waals surface area contributed by atoms with Gasteiger partial charge in [0.25, 0.3) is 0 Å². The molecule has 1 unspecified atom stereocenters. The molecule has 1 saturated heterocycles. The van der Waals surface area contributed by atoms with Crippen molar-refractivity contribution in [1.29, 1.82) is 0 Å². The summed E-state index contributed by atoms with van der Waals surface area (Å²) in [5.41, 5.74) is 3.37. The van der Waals surface area contributed by atoms with Crippen LogP contribution in [-0.4, -0.2) is 38.6 Å². The van der Waals surface area contributed by atoms with E-state index in [-0.39, 0.29) is 12.1 Å². The number of anilines is 1. The molecule has 1 aliphatic heterocycles. The van der Waals surface area contributed by atoms with E-state index in [2.05, 4.69) is 14.9 Å². The molecule has 0 bridgehead atoms. The van der Waals surface area contributed by atoms with Gasteiger partial charge < -0.3 is 19.2 Å². The molecule has 1 N–H and O–H groups in total. The Morgan fingerprint density at radius 3 is 2.86 bits per heavy atom. The Bertz CT molecular complexity index is 1100. The quantitative estimate of drug-likeness (QED) is 0.585. The molecular formula is C21H19N5O2. The van der Waals surface area contributed by atoms with E-state index in [1.807, 2.05) is 53.4 Å². The van der Waals surface area contributed by atoms with Crippen molar-refractivity contribution in [1.82, 2.24) is 19.4 Å². The molecule has 2 amide bonds. The van der Waals surface area contributed by atoms with Crippen molar-refractivity contribution in [2.75, 3.05) is 18.4 Å². The van der Waals surface area contributed by atoms with E-state index in [4.69, 9.17) is 9.40 Å². The topological polar surface area (TPSA) is 76.2 Å². The van der Waals surface area contributed by atoms with Crippen LogP contribution < -0.4 is 5.32 Å². The fraction of sp³-hybridized carbons (Fsp3) is 0.190. The molecule has 4 heterocycles. The van der Waals surface area contributed by atoms with Crippen molar-refractivity contribution < 1.29 is 9.21 Å². The van der Waals surface area contributed by atoms with Crippen molar-refractivity contribution in [2.45, 2.75) is 12.5 Å². The first-order chi connectivity index (χ1) is 13.8. The molecule has 3 aromatic heterocycles. The van der Waals surface area contributed by atoms with Crippen molar-refractivity contribution in [3.8, 4) is 11.4 Å². The lowest BCUT2D eigenvalue weighted by Gasteiger charge is -2.19. The van der Waals surface area contributed by atoms with Crippen LogP contribution in [0.4, 0.5) is 10.5 Å². The number of hydrogen-bond acceptors (Lipinski definition) is 4. The highest BCUT2D eigenvalue weighted by atomic mass is 16.3. The lowest BCUT2D eigenvalue weighted by atomic mass is 10.2.